The van der Waals surface area contributed by atoms with E-state index in [1.54, 1.807) is 0 Å². The molecule has 0 amide bonds. The Morgan fingerprint density at radius 2 is 2.25 bits per heavy atom. The van der Waals surface area contributed by atoms with E-state index in [4.69, 9.17) is 16.3 Å². The first kappa shape index (κ1) is 16.2. The Morgan fingerprint density at radius 1 is 1.50 bits per heavy atom. The van der Waals surface area contributed by atoms with Crippen LogP contribution in [0.2, 0.25) is 5.02 Å². The van der Waals surface area contributed by atoms with E-state index in [-0.39, 0.29) is 28.9 Å². The lowest BCUT2D eigenvalue weighted by molar-refractivity contribution is 0.0772. The summed E-state index contributed by atoms with van der Waals surface area (Å²) in [7, 11) is 0. The molecule has 0 aromatic heterocycles. The van der Waals surface area contributed by atoms with Gasteiger partial charge in [-0.15, -0.1) is 0 Å². The summed E-state index contributed by atoms with van der Waals surface area (Å²) in [6.45, 7) is 5.67. The number of benzene rings is 1. The second-order valence-electron chi connectivity index (χ2n) is 5.07. The first-order chi connectivity index (χ1) is 9.60. The third-order valence-electron chi connectivity index (χ3n) is 3.92. The SMILES string of the molecule is CCNC(c1ccc(Br)c(Cl)c1F)C1CCOC1CC. The molecule has 1 aromatic rings. The zero-order valence-corrected chi connectivity index (χ0v) is 14.1. The van der Waals surface area contributed by atoms with Crippen LogP contribution < -0.4 is 5.32 Å². The predicted molar refractivity (Wildman–Crippen MR) is 83.7 cm³/mol. The van der Waals surface area contributed by atoms with Crippen LogP contribution in [0, 0.1) is 11.7 Å². The molecule has 0 spiro atoms. The van der Waals surface area contributed by atoms with Crippen LogP contribution in [0.1, 0.15) is 38.3 Å². The molecule has 0 bridgehead atoms. The summed E-state index contributed by atoms with van der Waals surface area (Å²) in [6.07, 6.45) is 2.07. The molecule has 1 saturated heterocycles. The molecule has 0 aliphatic carbocycles. The average molecular weight is 365 g/mol. The highest BCUT2D eigenvalue weighted by Crippen LogP contribution is 2.38. The van der Waals surface area contributed by atoms with Crippen LogP contribution in [-0.2, 0) is 4.74 Å². The smallest absolute Gasteiger partial charge is 0.147 e. The Labute approximate surface area is 133 Å². The minimum absolute atomic E-state index is 0.0574. The summed E-state index contributed by atoms with van der Waals surface area (Å²) in [6, 6.07) is 3.56. The van der Waals surface area contributed by atoms with E-state index in [2.05, 4.69) is 28.2 Å². The molecule has 20 heavy (non-hydrogen) atoms. The molecule has 3 unspecified atom stereocenters. The molecule has 1 heterocycles. The van der Waals surface area contributed by atoms with Gasteiger partial charge in [0, 0.05) is 28.6 Å². The zero-order chi connectivity index (χ0) is 14.7. The summed E-state index contributed by atoms with van der Waals surface area (Å²) >= 11 is 9.28. The summed E-state index contributed by atoms with van der Waals surface area (Å²) in [5, 5.41) is 3.55. The lowest BCUT2D eigenvalue weighted by Crippen LogP contribution is -2.33. The van der Waals surface area contributed by atoms with Crippen molar-refractivity contribution < 1.29 is 9.13 Å². The van der Waals surface area contributed by atoms with Gasteiger partial charge in [-0.2, -0.15) is 0 Å². The standard InChI is InChI=1S/C15H20BrClFNO/c1-3-12-9(7-8-20-12)15(19-4-2)10-5-6-11(16)13(17)14(10)18/h5-6,9,12,15,19H,3-4,7-8H2,1-2H3. The van der Waals surface area contributed by atoms with Crippen molar-refractivity contribution >= 4 is 27.5 Å². The normalized spacial score (nSPS) is 24.1. The molecule has 1 fully saturated rings. The summed E-state index contributed by atoms with van der Waals surface area (Å²) in [4.78, 5) is 0. The van der Waals surface area contributed by atoms with Gasteiger partial charge in [0.2, 0.25) is 0 Å². The lowest BCUT2D eigenvalue weighted by Gasteiger charge is -2.29. The Kier molecular flexibility index (Phi) is 5.84. The average Bonchev–Trinajstić information content (AvgIpc) is 2.91. The molecule has 2 nitrogen and oxygen atoms in total. The van der Waals surface area contributed by atoms with Gasteiger partial charge >= 0.3 is 0 Å². The van der Waals surface area contributed by atoms with E-state index in [0.717, 1.165) is 26.0 Å². The Bertz CT molecular complexity index is 471. The monoisotopic (exact) mass is 363 g/mol. The quantitative estimate of drug-likeness (QED) is 0.764. The van der Waals surface area contributed by atoms with Crippen molar-refractivity contribution in [1.29, 1.82) is 0 Å². The van der Waals surface area contributed by atoms with Crippen molar-refractivity contribution in [2.75, 3.05) is 13.2 Å². The van der Waals surface area contributed by atoms with Crippen LogP contribution in [0.4, 0.5) is 4.39 Å². The van der Waals surface area contributed by atoms with Crippen LogP contribution in [0.5, 0.6) is 0 Å². The lowest BCUT2D eigenvalue weighted by atomic mass is 9.86. The van der Waals surface area contributed by atoms with Crippen LogP contribution in [0.3, 0.4) is 0 Å². The maximum absolute atomic E-state index is 14.5. The molecule has 1 aromatic carbocycles. The molecular weight excluding hydrogens is 345 g/mol. The van der Waals surface area contributed by atoms with Crippen molar-refractivity contribution in [3.8, 4) is 0 Å². The number of hydrogen-bond donors (Lipinski definition) is 1. The third-order valence-corrected chi connectivity index (χ3v) is 5.17. The van der Waals surface area contributed by atoms with Gasteiger partial charge in [0.25, 0.3) is 0 Å². The number of halogens is 3. The van der Waals surface area contributed by atoms with Gasteiger partial charge in [0.05, 0.1) is 11.1 Å². The highest BCUT2D eigenvalue weighted by Gasteiger charge is 2.35. The Balaban J connectivity index is 2.36. The van der Waals surface area contributed by atoms with E-state index in [1.807, 2.05) is 19.1 Å². The number of hydrogen-bond acceptors (Lipinski definition) is 2. The van der Waals surface area contributed by atoms with Crippen molar-refractivity contribution in [1.82, 2.24) is 5.32 Å². The van der Waals surface area contributed by atoms with Crippen LogP contribution in [-0.4, -0.2) is 19.3 Å². The number of rotatable bonds is 5. The van der Waals surface area contributed by atoms with Crippen molar-refractivity contribution in [2.45, 2.75) is 38.8 Å². The maximum atomic E-state index is 14.5. The van der Waals surface area contributed by atoms with Gasteiger partial charge in [-0.3, -0.25) is 0 Å². The molecule has 1 aliphatic rings. The molecule has 0 radical (unpaired) electrons. The fourth-order valence-corrected chi connectivity index (χ4v) is 3.44. The molecule has 1 N–H and O–H groups in total. The maximum Gasteiger partial charge on any atom is 0.147 e. The van der Waals surface area contributed by atoms with Gasteiger partial charge in [-0.05, 0) is 41.4 Å². The van der Waals surface area contributed by atoms with Crippen LogP contribution in [0.25, 0.3) is 0 Å². The second-order valence-corrected chi connectivity index (χ2v) is 6.30. The summed E-state index contributed by atoms with van der Waals surface area (Å²) in [5.41, 5.74) is 0.633. The van der Waals surface area contributed by atoms with Crippen molar-refractivity contribution in [2.24, 2.45) is 5.92 Å². The number of ether oxygens (including phenoxy) is 1. The van der Waals surface area contributed by atoms with Crippen LogP contribution in [0.15, 0.2) is 16.6 Å². The van der Waals surface area contributed by atoms with Gasteiger partial charge in [0.1, 0.15) is 5.82 Å². The Morgan fingerprint density at radius 3 is 2.90 bits per heavy atom. The molecule has 112 valence electrons. The predicted octanol–water partition coefficient (Wildman–Crippen LogP) is 4.71. The van der Waals surface area contributed by atoms with Crippen molar-refractivity contribution in [3.05, 3.63) is 33.0 Å². The Hall–Kier alpha value is -0.160. The molecule has 0 saturated carbocycles. The van der Waals surface area contributed by atoms with Crippen LogP contribution >= 0.6 is 27.5 Å². The highest BCUT2D eigenvalue weighted by atomic mass is 79.9. The van der Waals surface area contributed by atoms with Gasteiger partial charge in [-0.25, -0.2) is 4.39 Å². The van der Waals surface area contributed by atoms with E-state index in [0.29, 0.717) is 10.0 Å². The first-order valence-corrected chi connectivity index (χ1v) is 8.25. The minimum Gasteiger partial charge on any atom is -0.378 e. The molecule has 2 rings (SSSR count). The van der Waals surface area contributed by atoms with E-state index < -0.39 is 0 Å². The van der Waals surface area contributed by atoms with E-state index in [9.17, 15) is 4.39 Å². The molecule has 3 atom stereocenters. The number of nitrogens with one attached hydrogen (secondary N) is 1. The largest absolute Gasteiger partial charge is 0.378 e. The fraction of sp³-hybridized carbons (Fsp3) is 0.600. The van der Waals surface area contributed by atoms with Gasteiger partial charge in [-0.1, -0.05) is 31.5 Å². The first-order valence-electron chi connectivity index (χ1n) is 7.08. The second kappa shape index (κ2) is 7.21. The zero-order valence-electron chi connectivity index (χ0n) is 11.8. The topological polar surface area (TPSA) is 21.3 Å². The summed E-state index contributed by atoms with van der Waals surface area (Å²) < 4.78 is 20.8. The highest BCUT2D eigenvalue weighted by molar-refractivity contribution is 9.10. The fourth-order valence-electron chi connectivity index (χ4n) is 2.96. The molecule has 1 aliphatic heterocycles. The minimum atomic E-state index is -0.339. The van der Waals surface area contributed by atoms with Gasteiger partial charge in [0.15, 0.2) is 0 Å². The molecule has 5 heteroatoms. The van der Waals surface area contributed by atoms with Crippen molar-refractivity contribution in [3.63, 3.8) is 0 Å². The molecular formula is C15H20BrClFNO. The summed E-state index contributed by atoms with van der Waals surface area (Å²) in [5.74, 6) is -0.0552. The van der Waals surface area contributed by atoms with E-state index in [1.165, 1.54) is 0 Å². The van der Waals surface area contributed by atoms with Gasteiger partial charge < -0.3 is 10.1 Å². The third kappa shape index (κ3) is 3.19. The van der Waals surface area contributed by atoms with E-state index >= 15 is 0 Å².